The smallest absolute Gasteiger partial charge is 0.232 e. The van der Waals surface area contributed by atoms with Crippen LogP contribution in [0.2, 0.25) is 0 Å². The molecule has 32 heavy (non-hydrogen) atoms. The highest BCUT2D eigenvalue weighted by atomic mass is 19.1. The van der Waals surface area contributed by atoms with Crippen molar-refractivity contribution >= 4 is 0 Å². The van der Waals surface area contributed by atoms with Crippen molar-refractivity contribution in [3.05, 3.63) is 65.5 Å². The van der Waals surface area contributed by atoms with Crippen LogP contribution in [0.5, 0.6) is 11.6 Å². The highest BCUT2D eigenvalue weighted by Gasteiger charge is 2.09. The lowest BCUT2D eigenvalue weighted by Gasteiger charge is -2.11. The Morgan fingerprint density at radius 2 is 1.84 bits per heavy atom. The summed E-state index contributed by atoms with van der Waals surface area (Å²) in [5.74, 6) is 1.67. The number of nitrogens with one attached hydrogen (secondary N) is 1. The molecule has 0 radical (unpaired) electrons. The number of aromatic nitrogens is 2. The van der Waals surface area contributed by atoms with Crippen LogP contribution in [0.25, 0.3) is 11.3 Å². The molecule has 3 aromatic rings. The number of ether oxygens (including phenoxy) is 3. The molecule has 3 rings (SSSR count). The number of nitrogens with zero attached hydrogens (tertiary/aromatic N) is 1. The zero-order valence-corrected chi connectivity index (χ0v) is 19.8. The highest BCUT2D eigenvalue weighted by molar-refractivity contribution is 5.63. The monoisotopic (exact) mass is 442 g/mol. The van der Waals surface area contributed by atoms with E-state index >= 15 is 0 Å². The van der Waals surface area contributed by atoms with E-state index in [1.165, 1.54) is 11.6 Å². The minimum absolute atomic E-state index is 0.190. The molecule has 0 amide bonds. The molecule has 6 heteroatoms. The normalized spacial score (nSPS) is 10.6. The van der Waals surface area contributed by atoms with Gasteiger partial charge in [-0.15, -0.1) is 5.10 Å². The average Bonchev–Trinajstić information content (AvgIpc) is 3.27. The molecule has 0 aliphatic heterocycles. The lowest BCUT2D eigenvalue weighted by molar-refractivity contribution is 0.167. The maximum atomic E-state index is 13.8. The van der Waals surface area contributed by atoms with E-state index in [0.717, 1.165) is 37.1 Å². The molecule has 1 heterocycles. The molecule has 1 N–H and O–H groups in total. The number of aromatic amines is 1. The minimum Gasteiger partial charge on any atom is -0.489 e. The second-order valence-electron chi connectivity index (χ2n) is 8.02. The number of rotatable bonds is 10. The molecule has 0 bridgehead atoms. The van der Waals surface area contributed by atoms with E-state index in [4.69, 9.17) is 14.2 Å². The molecule has 0 aliphatic rings. The topological polar surface area (TPSA) is 56.4 Å². The molecule has 0 aliphatic carbocycles. The van der Waals surface area contributed by atoms with Crippen LogP contribution >= 0.6 is 0 Å². The standard InChI is InChI=1S/C21H23FN2O2.C5H12O/c1-3-4-7-15-10-17(20-13-21(25-2)24-23-20)12-18(11-15)26-14-16-8-5-6-9-19(16)22;1-5(2)4-6-3/h5-6,8-13H,3-4,7,14H2,1-2H3,(H,23,24);5H,4H2,1-3H3. The Labute approximate surface area is 190 Å². The largest absolute Gasteiger partial charge is 0.489 e. The van der Waals surface area contributed by atoms with Crippen molar-refractivity contribution in [3.63, 3.8) is 0 Å². The van der Waals surface area contributed by atoms with Gasteiger partial charge in [-0.2, -0.15) is 0 Å². The quantitative estimate of drug-likeness (QED) is 0.393. The first kappa shape index (κ1) is 25.4. The lowest BCUT2D eigenvalue weighted by atomic mass is 10.0. The number of benzene rings is 2. The molecule has 0 atom stereocenters. The first-order chi connectivity index (χ1) is 15.5. The first-order valence-electron chi connectivity index (χ1n) is 11.1. The van der Waals surface area contributed by atoms with Crippen LogP contribution in [0.15, 0.2) is 48.5 Å². The van der Waals surface area contributed by atoms with Crippen molar-refractivity contribution in [3.8, 4) is 22.9 Å². The van der Waals surface area contributed by atoms with Crippen molar-refractivity contribution in [2.45, 2.75) is 46.6 Å². The predicted molar refractivity (Wildman–Crippen MR) is 127 cm³/mol. The van der Waals surface area contributed by atoms with Gasteiger partial charge < -0.3 is 14.2 Å². The Hall–Kier alpha value is -2.86. The molecule has 174 valence electrons. The SMILES string of the molecule is CCCCc1cc(OCc2ccccc2F)cc(-c2cc(OC)n[nH]2)c1.COCC(C)C. The molecule has 2 aromatic carbocycles. The van der Waals surface area contributed by atoms with Crippen LogP contribution in [0.1, 0.15) is 44.7 Å². The number of H-pyrrole nitrogens is 1. The second-order valence-corrected chi connectivity index (χ2v) is 8.02. The van der Waals surface area contributed by atoms with Gasteiger partial charge in [0.25, 0.3) is 0 Å². The van der Waals surface area contributed by atoms with E-state index in [1.54, 1.807) is 26.4 Å². The van der Waals surface area contributed by atoms with Gasteiger partial charge in [-0.3, -0.25) is 5.10 Å². The Kier molecular flexibility index (Phi) is 10.7. The third kappa shape index (κ3) is 8.35. The van der Waals surface area contributed by atoms with Crippen LogP contribution in [0.3, 0.4) is 0 Å². The van der Waals surface area contributed by atoms with Gasteiger partial charge in [0, 0.05) is 30.9 Å². The van der Waals surface area contributed by atoms with Crippen molar-refractivity contribution < 1.29 is 18.6 Å². The summed E-state index contributed by atoms with van der Waals surface area (Å²) < 4.78 is 29.6. The molecular formula is C26H35FN2O3. The number of hydrogen-bond donors (Lipinski definition) is 1. The lowest BCUT2D eigenvalue weighted by Crippen LogP contribution is -1.99. The Morgan fingerprint density at radius 3 is 2.44 bits per heavy atom. The van der Waals surface area contributed by atoms with Crippen LogP contribution in [-0.2, 0) is 17.8 Å². The van der Waals surface area contributed by atoms with E-state index < -0.39 is 0 Å². The average molecular weight is 443 g/mol. The van der Waals surface area contributed by atoms with Crippen molar-refractivity contribution in [2.24, 2.45) is 5.92 Å². The van der Waals surface area contributed by atoms with Crippen molar-refractivity contribution in [2.75, 3.05) is 20.8 Å². The first-order valence-corrected chi connectivity index (χ1v) is 11.1. The molecule has 5 nitrogen and oxygen atoms in total. The van der Waals surface area contributed by atoms with Gasteiger partial charge in [0.2, 0.25) is 5.88 Å². The summed E-state index contributed by atoms with van der Waals surface area (Å²) in [5, 5.41) is 7.08. The maximum Gasteiger partial charge on any atom is 0.232 e. The molecule has 0 saturated carbocycles. The van der Waals surface area contributed by atoms with Crippen LogP contribution in [-0.4, -0.2) is 31.0 Å². The Bertz CT molecular complexity index is 940. The van der Waals surface area contributed by atoms with Gasteiger partial charge in [0.05, 0.1) is 12.8 Å². The van der Waals surface area contributed by atoms with Gasteiger partial charge in [-0.1, -0.05) is 45.4 Å². The molecule has 0 unspecified atom stereocenters. The highest BCUT2D eigenvalue weighted by Crippen LogP contribution is 2.28. The van der Waals surface area contributed by atoms with E-state index in [9.17, 15) is 4.39 Å². The Balaban J connectivity index is 0.000000534. The number of unbranched alkanes of at least 4 members (excludes halogenated alkanes) is 1. The summed E-state index contributed by atoms with van der Waals surface area (Å²) in [6, 6.07) is 14.6. The van der Waals surface area contributed by atoms with E-state index in [2.05, 4.69) is 37.0 Å². The fraction of sp³-hybridized carbons (Fsp3) is 0.423. The van der Waals surface area contributed by atoms with Crippen molar-refractivity contribution in [1.82, 2.24) is 10.2 Å². The van der Waals surface area contributed by atoms with Crippen LogP contribution < -0.4 is 9.47 Å². The minimum atomic E-state index is -0.256. The number of aryl methyl sites for hydroxylation is 1. The fourth-order valence-corrected chi connectivity index (χ4v) is 3.09. The van der Waals surface area contributed by atoms with Crippen LogP contribution in [0.4, 0.5) is 4.39 Å². The predicted octanol–water partition coefficient (Wildman–Crippen LogP) is 6.43. The van der Waals surface area contributed by atoms with Gasteiger partial charge in [-0.25, -0.2) is 4.39 Å². The van der Waals surface area contributed by atoms with E-state index in [0.29, 0.717) is 23.1 Å². The zero-order valence-electron chi connectivity index (χ0n) is 19.8. The fourth-order valence-electron chi connectivity index (χ4n) is 3.09. The maximum absolute atomic E-state index is 13.8. The summed E-state index contributed by atoms with van der Waals surface area (Å²) >= 11 is 0. The molecular weight excluding hydrogens is 407 g/mol. The molecule has 0 saturated heterocycles. The summed E-state index contributed by atoms with van der Waals surface area (Å²) in [5.41, 5.74) is 3.55. The number of hydrogen-bond acceptors (Lipinski definition) is 4. The third-order valence-electron chi connectivity index (χ3n) is 4.71. The van der Waals surface area contributed by atoms with E-state index in [1.807, 2.05) is 24.3 Å². The molecule has 0 fully saturated rings. The van der Waals surface area contributed by atoms with Crippen LogP contribution in [0, 0.1) is 11.7 Å². The molecule has 1 aromatic heterocycles. The van der Waals surface area contributed by atoms with Gasteiger partial charge in [0.1, 0.15) is 18.2 Å². The summed E-state index contributed by atoms with van der Waals surface area (Å²) in [6.07, 6.45) is 3.18. The van der Waals surface area contributed by atoms with Gasteiger partial charge >= 0.3 is 0 Å². The summed E-state index contributed by atoms with van der Waals surface area (Å²) in [7, 11) is 3.31. The third-order valence-corrected chi connectivity index (χ3v) is 4.71. The molecule has 0 spiro atoms. The van der Waals surface area contributed by atoms with Gasteiger partial charge in [0.15, 0.2) is 0 Å². The Morgan fingerprint density at radius 1 is 1.06 bits per heavy atom. The van der Waals surface area contributed by atoms with E-state index in [-0.39, 0.29) is 12.4 Å². The number of halogens is 1. The second kappa shape index (κ2) is 13.5. The number of methoxy groups -OCH3 is 2. The zero-order chi connectivity index (χ0) is 23.3. The summed E-state index contributed by atoms with van der Waals surface area (Å²) in [4.78, 5) is 0. The van der Waals surface area contributed by atoms with Crippen molar-refractivity contribution in [1.29, 1.82) is 0 Å². The van der Waals surface area contributed by atoms with Gasteiger partial charge in [-0.05, 0) is 48.6 Å². The summed E-state index contributed by atoms with van der Waals surface area (Å²) in [6.45, 7) is 7.49.